The Hall–Kier alpha value is -4.43. The predicted octanol–water partition coefficient (Wildman–Crippen LogP) is 3.53. The van der Waals surface area contributed by atoms with Gasteiger partial charge in [-0.15, -0.1) is 0 Å². The molecule has 0 fully saturated rings. The van der Waals surface area contributed by atoms with Crippen LogP contribution in [0.2, 0.25) is 0 Å². The Bertz CT molecular complexity index is 1330. The molecule has 0 aromatic heterocycles. The number of sulfonamides is 1. The van der Waals surface area contributed by atoms with Crippen LogP contribution in [0.4, 0.5) is 17.1 Å². The lowest BCUT2D eigenvalue weighted by Crippen LogP contribution is -2.15. The number of methoxy groups -OCH3 is 1. The molecule has 32 heavy (non-hydrogen) atoms. The molecule has 0 heterocycles. The summed E-state index contributed by atoms with van der Waals surface area (Å²) in [5, 5.41) is 22.6. The highest BCUT2D eigenvalue weighted by Crippen LogP contribution is 2.31. The number of rotatable bonds is 7. The molecule has 11 heteroatoms. The molecule has 1 amide bonds. The molecule has 0 atom stereocenters. The first-order valence-electron chi connectivity index (χ1n) is 9.00. The number of non-ortho nitro benzene ring substituents is 1. The first kappa shape index (κ1) is 22.3. The second kappa shape index (κ2) is 9.15. The SMILES string of the molecule is COc1ccc([N+](=O)[O-])cc1NS(=O)(=O)c1ccc(C(=O)Nc2cccc(C#N)c2)cc1. The minimum Gasteiger partial charge on any atom is -0.495 e. The molecule has 162 valence electrons. The molecule has 2 N–H and O–H groups in total. The highest BCUT2D eigenvalue weighted by molar-refractivity contribution is 7.92. The fourth-order valence-corrected chi connectivity index (χ4v) is 3.81. The summed E-state index contributed by atoms with van der Waals surface area (Å²) in [6, 6.07) is 16.9. The van der Waals surface area contributed by atoms with E-state index in [1.165, 1.54) is 49.6 Å². The molecule has 0 bridgehead atoms. The summed E-state index contributed by atoms with van der Waals surface area (Å²) < 4.78 is 32.8. The Labute approximate surface area is 183 Å². The van der Waals surface area contributed by atoms with E-state index in [0.29, 0.717) is 11.3 Å². The number of nitro benzene ring substituents is 1. The van der Waals surface area contributed by atoms with Gasteiger partial charge in [-0.1, -0.05) is 6.07 Å². The van der Waals surface area contributed by atoms with Gasteiger partial charge in [0.25, 0.3) is 21.6 Å². The van der Waals surface area contributed by atoms with Crippen molar-refractivity contribution in [1.82, 2.24) is 0 Å². The summed E-state index contributed by atoms with van der Waals surface area (Å²) in [6.07, 6.45) is 0. The van der Waals surface area contributed by atoms with E-state index >= 15 is 0 Å². The van der Waals surface area contributed by atoms with Crippen molar-refractivity contribution >= 4 is 33.0 Å². The van der Waals surface area contributed by atoms with Crippen molar-refractivity contribution in [3.05, 3.63) is 88.0 Å². The van der Waals surface area contributed by atoms with Crippen LogP contribution in [0.1, 0.15) is 15.9 Å². The van der Waals surface area contributed by atoms with Crippen molar-refractivity contribution in [2.75, 3.05) is 17.1 Å². The highest BCUT2D eigenvalue weighted by atomic mass is 32.2. The number of nitro groups is 1. The number of nitrogens with one attached hydrogen (secondary N) is 2. The minimum atomic E-state index is -4.12. The Morgan fingerprint density at radius 1 is 1.09 bits per heavy atom. The average molecular weight is 452 g/mol. The maximum atomic E-state index is 12.7. The summed E-state index contributed by atoms with van der Waals surface area (Å²) in [5.41, 5.74) is 0.591. The van der Waals surface area contributed by atoms with Gasteiger partial charge in [0.15, 0.2) is 0 Å². The van der Waals surface area contributed by atoms with Crippen LogP contribution in [0.5, 0.6) is 5.75 Å². The van der Waals surface area contributed by atoms with Crippen LogP contribution in [-0.2, 0) is 10.0 Å². The highest BCUT2D eigenvalue weighted by Gasteiger charge is 2.20. The minimum absolute atomic E-state index is 0.0964. The number of benzene rings is 3. The van der Waals surface area contributed by atoms with Gasteiger partial charge in [0.2, 0.25) is 0 Å². The summed E-state index contributed by atoms with van der Waals surface area (Å²) in [6.45, 7) is 0. The molecule has 0 spiro atoms. The molecule has 3 rings (SSSR count). The van der Waals surface area contributed by atoms with Gasteiger partial charge in [-0.25, -0.2) is 8.42 Å². The predicted molar refractivity (Wildman–Crippen MR) is 116 cm³/mol. The van der Waals surface area contributed by atoms with Crippen LogP contribution >= 0.6 is 0 Å². The van der Waals surface area contributed by atoms with E-state index in [9.17, 15) is 23.3 Å². The molecule has 10 nitrogen and oxygen atoms in total. The number of carbonyl (C=O) groups excluding carboxylic acids is 1. The molecule has 0 radical (unpaired) electrons. The van der Waals surface area contributed by atoms with Crippen LogP contribution in [0.3, 0.4) is 0 Å². The number of carbonyl (C=O) groups is 1. The number of nitrogens with zero attached hydrogens (tertiary/aromatic N) is 2. The lowest BCUT2D eigenvalue weighted by molar-refractivity contribution is -0.384. The van der Waals surface area contributed by atoms with Crippen molar-refractivity contribution in [2.24, 2.45) is 0 Å². The van der Waals surface area contributed by atoms with Crippen LogP contribution < -0.4 is 14.8 Å². The van der Waals surface area contributed by atoms with Crippen molar-refractivity contribution in [3.8, 4) is 11.8 Å². The van der Waals surface area contributed by atoms with Crippen LogP contribution in [0.25, 0.3) is 0 Å². The van der Waals surface area contributed by atoms with E-state index in [4.69, 9.17) is 10.00 Å². The van der Waals surface area contributed by atoms with Crippen LogP contribution in [0, 0.1) is 21.4 Å². The fourth-order valence-electron chi connectivity index (χ4n) is 2.75. The van der Waals surface area contributed by atoms with Crippen molar-refractivity contribution in [2.45, 2.75) is 4.90 Å². The number of amides is 1. The molecule has 3 aromatic rings. The smallest absolute Gasteiger partial charge is 0.271 e. The third-order valence-electron chi connectivity index (χ3n) is 4.31. The van der Waals surface area contributed by atoms with Gasteiger partial charge in [0.05, 0.1) is 34.2 Å². The summed E-state index contributed by atoms with van der Waals surface area (Å²) in [7, 11) is -2.81. The monoisotopic (exact) mass is 452 g/mol. The molecule has 0 unspecified atom stereocenters. The van der Waals surface area contributed by atoms with E-state index in [1.54, 1.807) is 18.2 Å². The van der Waals surface area contributed by atoms with Crippen molar-refractivity contribution in [3.63, 3.8) is 0 Å². The van der Waals surface area contributed by atoms with Crippen LogP contribution in [-0.4, -0.2) is 26.4 Å². The number of nitriles is 1. The Morgan fingerprint density at radius 3 is 2.44 bits per heavy atom. The standard InChI is InChI=1S/C21H16N4O6S/c1-31-20-10-7-17(25(27)28)12-19(20)24-32(29,30)18-8-5-15(6-9-18)21(26)23-16-4-2-3-14(11-16)13-22/h2-12,24H,1H3,(H,23,26). The first-order valence-corrected chi connectivity index (χ1v) is 10.5. The Morgan fingerprint density at radius 2 is 1.81 bits per heavy atom. The molecular formula is C21H16N4O6S. The summed E-state index contributed by atoms with van der Waals surface area (Å²) in [4.78, 5) is 22.6. The molecule has 0 aliphatic heterocycles. The second-order valence-electron chi connectivity index (χ2n) is 6.42. The zero-order valence-electron chi connectivity index (χ0n) is 16.6. The maximum Gasteiger partial charge on any atom is 0.271 e. The summed E-state index contributed by atoms with van der Waals surface area (Å²) >= 11 is 0. The van der Waals surface area contributed by atoms with Gasteiger partial charge in [-0.2, -0.15) is 5.26 Å². The molecule has 0 aliphatic rings. The molecule has 0 saturated heterocycles. The zero-order valence-corrected chi connectivity index (χ0v) is 17.4. The molecule has 0 saturated carbocycles. The van der Waals surface area contributed by atoms with Crippen molar-refractivity contribution < 1.29 is 22.9 Å². The molecule has 0 aliphatic carbocycles. The largest absolute Gasteiger partial charge is 0.495 e. The van der Waals surface area contributed by atoms with Gasteiger partial charge < -0.3 is 10.1 Å². The van der Waals surface area contributed by atoms with Gasteiger partial charge in [-0.3, -0.25) is 19.6 Å². The molecular weight excluding hydrogens is 436 g/mol. The number of hydrogen-bond donors (Lipinski definition) is 2. The lowest BCUT2D eigenvalue weighted by Gasteiger charge is -2.12. The van der Waals surface area contributed by atoms with E-state index < -0.39 is 20.9 Å². The zero-order chi connectivity index (χ0) is 23.3. The van der Waals surface area contributed by atoms with Gasteiger partial charge >= 0.3 is 0 Å². The molecule has 3 aromatic carbocycles. The quantitative estimate of drug-likeness (QED) is 0.411. The van der Waals surface area contributed by atoms with E-state index in [2.05, 4.69) is 10.0 Å². The maximum absolute atomic E-state index is 12.7. The van der Waals surface area contributed by atoms with E-state index in [-0.39, 0.29) is 27.6 Å². The third kappa shape index (κ3) is 5.00. The third-order valence-corrected chi connectivity index (χ3v) is 5.70. The topological polar surface area (TPSA) is 151 Å². The van der Waals surface area contributed by atoms with E-state index in [0.717, 1.165) is 6.07 Å². The number of ether oxygens (including phenoxy) is 1. The van der Waals surface area contributed by atoms with Crippen molar-refractivity contribution in [1.29, 1.82) is 5.26 Å². The summed E-state index contributed by atoms with van der Waals surface area (Å²) in [5.74, 6) is -0.382. The second-order valence-corrected chi connectivity index (χ2v) is 8.10. The number of hydrogen-bond acceptors (Lipinski definition) is 7. The first-order chi connectivity index (χ1) is 15.2. The van der Waals surface area contributed by atoms with Crippen LogP contribution in [0.15, 0.2) is 71.6 Å². The normalized spacial score (nSPS) is 10.6. The van der Waals surface area contributed by atoms with Gasteiger partial charge in [-0.05, 0) is 48.5 Å². The fraction of sp³-hybridized carbons (Fsp3) is 0.0476. The Kier molecular flexibility index (Phi) is 6.37. The lowest BCUT2D eigenvalue weighted by atomic mass is 10.2. The average Bonchev–Trinajstić information content (AvgIpc) is 2.79. The Balaban J connectivity index is 1.80. The number of anilines is 2. The van der Waals surface area contributed by atoms with Gasteiger partial charge in [0.1, 0.15) is 5.75 Å². The van der Waals surface area contributed by atoms with E-state index in [1.807, 2.05) is 6.07 Å². The van der Waals surface area contributed by atoms with Gasteiger partial charge in [0, 0.05) is 23.4 Å².